The molecular formula is C16H17BrN2O2. The lowest BCUT2D eigenvalue weighted by molar-refractivity contribution is -0.136. The highest BCUT2D eigenvalue weighted by atomic mass is 79.9. The molecule has 0 aliphatic rings. The molecule has 0 bridgehead atoms. The number of carboxylic acids is 1. The zero-order valence-corrected chi connectivity index (χ0v) is 13.9. The van der Waals surface area contributed by atoms with Gasteiger partial charge in [0, 0.05) is 27.8 Å². The summed E-state index contributed by atoms with van der Waals surface area (Å²) in [7, 11) is 0. The lowest BCUT2D eigenvalue weighted by Crippen LogP contribution is -2.06. The van der Waals surface area contributed by atoms with Gasteiger partial charge in [0.25, 0.3) is 0 Å². The van der Waals surface area contributed by atoms with Crippen molar-refractivity contribution in [2.24, 2.45) is 0 Å². The number of benzene rings is 1. The molecule has 5 heteroatoms. The van der Waals surface area contributed by atoms with Crippen LogP contribution >= 0.6 is 15.9 Å². The van der Waals surface area contributed by atoms with E-state index in [1.165, 1.54) is 0 Å². The van der Waals surface area contributed by atoms with E-state index in [9.17, 15) is 4.79 Å². The molecule has 1 aromatic heterocycles. The molecule has 110 valence electrons. The third-order valence-corrected chi connectivity index (χ3v) is 3.93. The van der Waals surface area contributed by atoms with Crippen LogP contribution in [-0.2, 0) is 11.2 Å². The van der Waals surface area contributed by atoms with Crippen LogP contribution < -0.4 is 0 Å². The summed E-state index contributed by atoms with van der Waals surface area (Å²) < 4.78 is 1.02. The van der Waals surface area contributed by atoms with Gasteiger partial charge in [0.1, 0.15) is 0 Å². The molecule has 0 radical (unpaired) electrons. The van der Waals surface area contributed by atoms with Gasteiger partial charge in [0.05, 0.1) is 0 Å². The summed E-state index contributed by atoms with van der Waals surface area (Å²) in [4.78, 5) is 19.8. The van der Waals surface area contributed by atoms with Crippen LogP contribution in [0.3, 0.4) is 0 Å². The Kier molecular flexibility index (Phi) is 4.73. The lowest BCUT2D eigenvalue weighted by Gasteiger charge is -2.11. The minimum absolute atomic E-state index is 0.0989. The van der Waals surface area contributed by atoms with Gasteiger partial charge in [-0.3, -0.25) is 4.79 Å². The molecule has 0 fully saturated rings. The van der Waals surface area contributed by atoms with Crippen molar-refractivity contribution in [3.63, 3.8) is 0 Å². The fourth-order valence-electron chi connectivity index (χ4n) is 2.33. The highest BCUT2D eigenvalue weighted by molar-refractivity contribution is 9.10. The van der Waals surface area contributed by atoms with Crippen molar-refractivity contribution in [1.29, 1.82) is 0 Å². The Morgan fingerprint density at radius 1 is 1.19 bits per heavy atom. The summed E-state index contributed by atoms with van der Waals surface area (Å²) in [5, 5.41) is 8.81. The summed E-state index contributed by atoms with van der Waals surface area (Å²) in [6, 6.07) is 5.99. The number of nitrogens with zero attached hydrogens (tertiary/aromatic N) is 2. The first kappa shape index (κ1) is 15.6. The molecule has 2 rings (SSSR count). The smallest absolute Gasteiger partial charge is 0.303 e. The van der Waals surface area contributed by atoms with Gasteiger partial charge in [0.2, 0.25) is 0 Å². The molecule has 1 heterocycles. The van der Waals surface area contributed by atoms with E-state index in [4.69, 9.17) is 5.11 Å². The van der Waals surface area contributed by atoms with Crippen molar-refractivity contribution in [3.8, 4) is 11.4 Å². The topological polar surface area (TPSA) is 63.1 Å². The molecule has 21 heavy (non-hydrogen) atoms. The van der Waals surface area contributed by atoms with Crippen LogP contribution in [0.2, 0.25) is 0 Å². The maximum atomic E-state index is 10.7. The average molecular weight is 349 g/mol. The van der Waals surface area contributed by atoms with Crippen LogP contribution in [0.15, 0.2) is 22.7 Å². The quantitative estimate of drug-likeness (QED) is 0.911. The van der Waals surface area contributed by atoms with Crippen molar-refractivity contribution in [2.75, 3.05) is 0 Å². The van der Waals surface area contributed by atoms with Gasteiger partial charge in [-0.2, -0.15) is 0 Å². The van der Waals surface area contributed by atoms with Crippen molar-refractivity contribution < 1.29 is 9.90 Å². The van der Waals surface area contributed by atoms with Crippen molar-refractivity contribution in [1.82, 2.24) is 9.97 Å². The zero-order valence-electron chi connectivity index (χ0n) is 12.3. The molecule has 0 aliphatic carbocycles. The monoisotopic (exact) mass is 348 g/mol. The molecule has 0 spiro atoms. The van der Waals surface area contributed by atoms with Gasteiger partial charge in [-0.05, 0) is 56.5 Å². The van der Waals surface area contributed by atoms with Crippen LogP contribution in [0, 0.1) is 20.8 Å². The largest absolute Gasteiger partial charge is 0.481 e. The number of aryl methyl sites for hydroxylation is 3. The standard InChI is InChI=1S/C16H17BrN2O2/c1-9-8-12(17)4-5-13(9)16-18-10(2)14(11(3)19-16)6-7-15(20)21/h4-5,8H,6-7H2,1-3H3,(H,20,21). The van der Waals surface area contributed by atoms with Crippen LogP contribution in [0.25, 0.3) is 11.4 Å². The Morgan fingerprint density at radius 2 is 1.81 bits per heavy atom. The summed E-state index contributed by atoms with van der Waals surface area (Å²) in [6.45, 7) is 5.83. The predicted octanol–water partition coefficient (Wildman–Crippen LogP) is 3.85. The Labute approximate surface area is 132 Å². The highest BCUT2D eigenvalue weighted by Crippen LogP contribution is 2.25. The maximum absolute atomic E-state index is 10.7. The second-order valence-electron chi connectivity index (χ2n) is 5.05. The minimum atomic E-state index is -0.804. The van der Waals surface area contributed by atoms with Gasteiger partial charge in [-0.15, -0.1) is 0 Å². The molecule has 2 aromatic rings. The van der Waals surface area contributed by atoms with E-state index in [1.807, 2.05) is 39.0 Å². The number of halogens is 1. The summed E-state index contributed by atoms with van der Waals surface area (Å²) >= 11 is 3.45. The van der Waals surface area contributed by atoms with E-state index in [0.29, 0.717) is 12.2 Å². The number of carbonyl (C=O) groups is 1. The van der Waals surface area contributed by atoms with E-state index < -0.39 is 5.97 Å². The van der Waals surface area contributed by atoms with Gasteiger partial charge in [0.15, 0.2) is 5.82 Å². The second-order valence-corrected chi connectivity index (χ2v) is 5.97. The van der Waals surface area contributed by atoms with Crippen LogP contribution in [-0.4, -0.2) is 21.0 Å². The van der Waals surface area contributed by atoms with Crippen LogP contribution in [0.5, 0.6) is 0 Å². The molecule has 0 aliphatic heterocycles. The molecule has 1 N–H and O–H groups in total. The van der Waals surface area contributed by atoms with E-state index in [-0.39, 0.29) is 6.42 Å². The first-order chi connectivity index (χ1) is 9.88. The predicted molar refractivity (Wildman–Crippen MR) is 85.3 cm³/mol. The molecule has 0 amide bonds. The molecule has 0 saturated carbocycles. The van der Waals surface area contributed by atoms with Crippen molar-refractivity contribution in [2.45, 2.75) is 33.6 Å². The number of hydrogen-bond donors (Lipinski definition) is 1. The van der Waals surface area contributed by atoms with Gasteiger partial charge in [-0.1, -0.05) is 15.9 Å². The number of carboxylic acid groups (broad SMARTS) is 1. The minimum Gasteiger partial charge on any atom is -0.481 e. The fourth-order valence-corrected chi connectivity index (χ4v) is 2.81. The number of hydrogen-bond acceptors (Lipinski definition) is 3. The number of aromatic nitrogens is 2. The van der Waals surface area contributed by atoms with E-state index in [0.717, 1.165) is 32.6 Å². The Morgan fingerprint density at radius 3 is 2.33 bits per heavy atom. The van der Waals surface area contributed by atoms with Gasteiger partial charge in [-0.25, -0.2) is 9.97 Å². The second kappa shape index (κ2) is 6.35. The fraction of sp³-hybridized carbons (Fsp3) is 0.312. The van der Waals surface area contributed by atoms with Gasteiger partial charge < -0.3 is 5.11 Å². The zero-order chi connectivity index (χ0) is 15.6. The first-order valence-corrected chi connectivity index (χ1v) is 7.50. The third-order valence-electron chi connectivity index (χ3n) is 3.44. The van der Waals surface area contributed by atoms with E-state index in [2.05, 4.69) is 25.9 Å². The van der Waals surface area contributed by atoms with Crippen LogP contribution in [0.1, 0.15) is 28.9 Å². The normalized spacial score (nSPS) is 10.7. The molecule has 1 aromatic carbocycles. The molecule has 0 atom stereocenters. The number of rotatable bonds is 4. The first-order valence-electron chi connectivity index (χ1n) is 6.71. The third kappa shape index (κ3) is 3.67. The van der Waals surface area contributed by atoms with Crippen molar-refractivity contribution >= 4 is 21.9 Å². The molecule has 0 unspecified atom stereocenters. The molecule has 4 nitrogen and oxygen atoms in total. The number of aliphatic carboxylic acids is 1. The molecule has 0 saturated heterocycles. The Bertz CT molecular complexity index is 676. The maximum Gasteiger partial charge on any atom is 0.303 e. The lowest BCUT2D eigenvalue weighted by atomic mass is 10.0. The van der Waals surface area contributed by atoms with Gasteiger partial charge >= 0.3 is 5.97 Å². The summed E-state index contributed by atoms with van der Waals surface area (Å²) in [6.07, 6.45) is 0.564. The van der Waals surface area contributed by atoms with Crippen molar-refractivity contribution in [3.05, 3.63) is 45.2 Å². The molecular weight excluding hydrogens is 332 g/mol. The summed E-state index contributed by atoms with van der Waals surface area (Å²) in [5.41, 5.74) is 4.72. The Hall–Kier alpha value is -1.75. The van der Waals surface area contributed by atoms with Crippen LogP contribution in [0.4, 0.5) is 0 Å². The highest BCUT2D eigenvalue weighted by Gasteiger charge is 2.12. The summed E-state index contributed by atoms with van der Waals surface area (Å²) in [5.74, 6) is -0.115. The van der Waals surface area contributed by atoms with E-state index >= 15 is 0 Å². The SMILES string of the molecule is Cc1cc(Br)ccc1-c1nc(C)c(CCC(=O)O)c(C)n1. The van der Waals surface area contributed by atoms with E-state index in [1.54, 1.807) is 0 Å². The average Bonchev–Trinajstić information content (AvgIpc) is 2.37. The Balaban J connectivity index is 2.41.